The first-order valence-corrected chi connectivity index (χ1v) is 7.77. The molecule has 4 rings (SSSR count). The van der Waals surface area contributed by atoms with Gasteiger partial charge in [-0.2, -0.15) is 0 Å². The van der Waals surface area contributed by atoms with Crippen LogP contribution < -0.4 is 5.73 Å². The first kappa shape index (κ1) is 13.3. The summed E-state index contributed by atoms with van der Waals surface area (Å²) in [6.45, 7) is 2.81. The van der Waals surface area contributed by atoms with E-state index in [1.807, 2.05) is 7.05 Å². The lowest BCUT2D eigenvalue weighted by atomic mass is 9.44. The maximum atomic E-state index is 12.9. The zero-order valence-electron chi connectivity index (χ0n) is 11.9. The van der Waals surface area contributed by atoms with E-state index in [1.54, 1.807) is 4.90 Å². The molecule has 3 nitrogen and oxygen atoms in total. The van der Waals surface area contributed by atoms with Crippen LogP contribution in [0.1, 0.15) is 45.4 Å². The second kappa shape index (κ2) is 4.18. The molecule has 19 heavy (non-hydrogen) atoms. The third-order valence-electron chi connectivity index (χ3n) is 5.55. The molecule has 4 heteroatoms. The molecule has 106 valence electrons. The van der Waals surface area contributed by atoms with Crippen molar-refractivity contribution in [3.63, 3.8) is 0 Å². The Kier molecular flexibility index (Phi) is 2.93. The Bertz CT molecular complexity index is 420. The molecule has 1 amide bonds. The molecule has 4 saturated carbocycles. The van der Waals surface area contributed by atoms with E-state index < -0.39 is 0 Å². The molecule has 4 aliphatic carbocycles. The first-order chi connectivity index (χ1) is 8.82. The van der Waals surface area contributed by atoms with Gasteiger partial charge in [0.1, 0.15) is 0 Å². The fourth-order valence-electron chi connectivity index (χ4n) is 5.68. The number of likely N-dealkylation sites (N-methyl/N-ethyl adjacent to an activating group) is 1. The van der Waals surface area contributed by atoms with Gasteiger partial charge in [0.15, 0.2) is 0 Å². The van der Waals surface area contributed by atoms with Crippen LogP contribution in [-0.4, -0.2) is 29.4 Å². The molecule has 2 atom stereocenters. The van der Waals surface area contributed by atoms with E-state index in [0.717, 1.165) is 31.1 Å². The summed E-state index contributed by atoms with van der Waals surface area (Å²) < 4.78 is 0. The minimum absolute atomic E-state index is 0.0988. The summed E-state index contributed by atoms with van der Waals surface area (Å²) in [5, 5.41) is 0. The van der Waals surface area contributed by atoms with Crippen LogP contribution in [0.15, 0.2) is 0 Å². The Morgan fingerprint density at radius 3 is 2.37 bits per heavy atom. The number of carbonyl (C=O) groups is 1. The van der Waals surface area contributed by atoms with Gasteiger partial charge in [-0.1, -0.05) is 19.1 Å². The highest BCUT2D eigenvalue weighted by Gasteiger charge is 2.59. The highest BCUT2D eigenvalue weighted by molar-refractivity contribution is 7.80. The number of nitrogens with zero attached hydrogens (tertiary/aromatic N) is 1. The number of thiocarbonyl (C=S) groups is 1. The molecule has 0 aromatic heterocycles. The number of hydrogen-bond donors (Lipinski definition) is 1. The number of nitrogens with two attached hydrogens (primary N) is 1. The van der Waals surface area contributed by atoms with E-state index in [0.29, 0.717) is 22.9 Å². The second-order valence-corrected chi connectivity index (χ2v) is 8.20. The highest BCUT2D eigenvalue weighted by atomic mass is 32.1. The van der Waals surface area contributed by atoms with E-state index >= 15 is 0 Å². The fraction of sp³-hybridized carbons (Fsp3) is 0.867. The molecule has 4 aliphatic rings. The molecular formula is C15H24N2OS. The van der Waals surface area contributed by atoms with Crippen molar-refractivity contribution in [3.8, 4) is 0 Å². The van der Waals surface area contributed by atoms with E-state index in [1.165, 1.54) is 19.3 Å². The summed E-state index contributed by atoms with van der Waals surface area (Å²) in [6, 6.07) is 0. The molecule has 4 fully saturated rings. The summed E-state index contributed by atoms with van der Waals surface area (Å²) in [6.07, 6.45) is 7.28. The average Bonchev–Trinajstić information content (AvgIpc) is 2.23. The van der Waals surface area contributed by atoms with Gasteiger partial charge < -0.3 is 10.6 Å². The van der Waals surface area contributed by atoms with Gasteiger partial charge in [-0.05, 0) is 55.8 Å². The molecule has 0 aromatic rings. The van der Waals surface area contributed by atoms with Crippen molar-refractivity contribution in [2.24, 2.45) is 28.4 Å². The van der Waals surface area contributed by atoms with Crippen LogP contribution in [-0.2, 0) is 4.79 Å². The Morgan fingerprint density at radius 2 is 1.89 bits per heavy atom. The Hall–Kier alpha value is -0.640. The van der Waals surface area contributed by atoms with Crippen molar-refractivity contribution in [3.05, 3.63) is 0 Å². The normalized spacial score (nSPS) is 43.3. The smallest absolute Gasteiger partial charge is 0.228 e. The number of hydrogen-bond acceptors (Lipinski definition) is 2. The predicted molar refractivity (Wildman–Crippen MR) is 79.6 cm³/mol. The standard InChI is InChI=1S/C15H24N2OS/c1-14-4-10-3-11(5-14)7-15(6-10,9-14)13(18)17(2)8-12(16)19/h10-11H,3-9H2,1-2H3,(H2,16,19). The predicted octanol–water partition coefficient (Wildman–Crippen LogP) is 2.34. The summed E-state index contributed by atoms with van der Waals surface area (Å²) in [5.41, 5.74) is 5.89. The molecule has 0 heterocycles. The summed E-state index contributed by atoms with van der Waals surface area (Å²) in [5.74, 6) is 1.84. The van der Waals surface area contributed by atoms with Gasteiger partial charge in [0, 0.05) is 7.05 Å². The molecular weight excluding hydrogens is 256 g/mol. The van der Waals surface area contributed by atoms with Crippen molar-refractivity contribution < 1.29 is 4.79 Å². The first-order valence-electron chi connectivity index (χ1n) is 7.36. The van der Waals surface area contributed by atoms with E-state index in [-0.39, 0.29) is 5.41 Å². The van der Waals surface area contributed by atoms with Gasteiger partial charge in [0.2, 0.25) is 5.91 Å². The van der Waals surface area contributed by atoms with E-state index in [9.17, 15) is 4.79 Å². The van der Waals surface area contributed by atoms with Gasteiger partial charge in [-0.3, -0.25) is 4.79 Å². The molecule has 4 bridgehead atoms. The van der Waals surface area contributed by atoms with Crippen LogP contribution in [0.5, 0.6) is 0 Å². The summed E-state index contributed by atoms with van der Waals surface area (Å²) in [7, 11) is 1.85. The van der Waals surface area contributed by atoms with Crippen LogP contribution >= 0.6 is 12.2 Å². The third kappa shape index (κ3) is 2.18. The number of amides is 1. The van der Waals surface area contributed by atoms with E-state index in [2.05, 4.69) is 6.92 Å². The van der Waals surface area contributed by atoms with Crippen molar-refractivity contribution in [1.29, 1.82) is 0 Å². The van der Waals surface area contributed by atoms with Crippen LogP contribution in [0, 0.1) is 22.7 Å². The maximum Gasteiger partial charge on any atom is 0.228 e. The zero-order chi connectivity index (χ0) is 13.8. The molecule has 2 unspecified atom stereocenters. The van der Waals surface area contributed by atoms with Crippen molar-refractivity contribution >= 4 is 23.1 Å². The Balaban J connectivity index is 1.83. The third-order valence-corrected chi connectivity index (χ3v) is 5.68. The molecule has 0 aromatic carbocycles. The summed E-state index contributed by atoms with van der Waals surface area (Å²) in [4.78, 5) is 15.1. The maximum absolute atomic E-state index is 12.9. The Labute approximate surface area is 120 Å². The van der Waals surface area contributed by atoms with Gasteiger partial charge >= 0.3 is 0 Å². The van der Waals surface area contributed by atoms with Crippen LogP contribution in [0.4, 0.5) is 0 Å². The van der Waals surface area contributed by atoms with Crippen LogP contribution in [0.2, 0.25) is 0 Å². The van der Waals surface area contributed by atoms with Crippen molar-refractivity contribution in [2.45, 2.75) is 45.4 Å². The van der Waals surface area contributed by atoms with Gasteiger partial charge in [-0.25, -0.2) is 0 Å². The SMILES string of the molecule is CN(CC(N)=S)C(=O)C12CC3CC(CC(C)(C3)C1)C2. The lowest BCUT2D eigenvalue weighted by Crippen LogP contribution is -2.57. The molecule has 2 N–H and O–H groups in total. The van der Waals surface area contributed by atoms with Gasteiger partial charge in [-0.15, -0.1) is 0 Å². The monoisotopic (exact) mass is 280 g/mol. The lowest BCUT2D eigenvalue weighted by Gasteiger charge is -2.61. The van der Waals surface area contributed by atoms with Crippen LogP contribution in [0.25, 0.3) is 0 Å². The van der Waals surface area contributed by atoms with Gasteiger partial charge in [0.25, 0.3) is 0 Å². The van der Waals surface area contributed by atoms with Crippen molar-refractivity contribution in [2.75, 3.05) is 13.6 Å². The number of carbonyl (C=O) groups excluding carboxylic acids is 1. The molecule has 0 saturated heterocycles. The Morgan fingerprint density at radius 1 is 1.32 bits per heavy atom. The number of rotatable bonds is 3. The van der Waals surface area contributed by atoms with E-state index in [4.69, 9.17) is 18.0 Å². The van der Waals surface area contributed by atoms with Crippen molar-refractivity contribution in [1.82, 2.24) is 4.90 Å². The molecule has 0 spiro atoms. The van der Waals surface area contributed by atoms with Gasteiger partial charge in [0.05, 0.1) is 16.9 Å². The minimum Gasteiger partial charge on any atom is -0.392 e. The average molecular weight is 280 g/mol. The highest BCUT2D eigenvalue weighted by Crippen LogP contribution is 2.65. The minimum atomic E-state index is -0.0988. The molecule has 0 radical (unpaired) electrons. The molecule has 0 aliphatic heterocycles. The lowest BCUT2D eigenvalue weighted by molar-refractivity contribution is -0.164. The quantitative estimate of drug-likeness (QED) is 0.807. The summed E-state index contributed by atoms with van der Waals surface area (Å²) >= 11 is 4.94. The van der Waals surface area contributed by atoms with Crippen LogP contribution in [0.3, 0.4) is 0 Å². The second-order valence-electron chi connectivity index (χ2n) is 7.68. The zero-order valence-corrected chi connectivity index (χ0v) is 12.8. The fourth-order valence-corrected chi connectivity index (χ4v) is 5.87. The topological polar surface area (TPSA) is 46.3 Å². The largest absolute Gasteiger partial charge is 0.392 e.